The predicted molar refractivity (Wildman–Crippen MR) is 87.0 cm³/mol. The second-order valence-corrected chi connectivity index (χ2v) is 7.73. The summed E-state index contributed by atoms with van der Waals surface area (Å²) in [5.41, 5.74) is 0. The van der Waals surface area contributed by atoms with E-state index >= 15 is 0 Å². The SMILES string of the molecule is CCCNC1CCC(C)CC1CN1CCCSCC1. The van der Waals surface area contributed by atoms with Gasteiger partial charge < -0.3 is 10.2 Å². The van der Waals surface area contributed by atoms with Crippen molar-refractivity contribution in [1.29, 1.82) is 0 Å². The maximum absolute atomic E-state index is 3.82. The summed E-state index contributed by atoms with van der Waals surface area (Å²) in [6, 6.07) is 0.784. The van der Waals surface area contributed by atoms with Gasteiger partial charge in [0.25, 0.3) is 0 Å². The minimum Gasteiger partial charge on any atom is -0.314 e. The van der Waals surface area contributed by atoms with E-state index in [1.807, 2.05) is 0 Å². The third kappa shape index (κ3) is 5.28. The molecule has 2 rings (SSSR count). The van der Waals surface area contributed by atoms with Gasteiger partial charge in [0.15, 0.2) is 0 Å². The number of rotatable bonds is 5. The average molecular weight is 285 g/mol. The van der Waals surface area contributed by atoms with Crippen LogP contribution >= 0.6 is 11.8 Å². The van der Waals surface area contributed by atoms with Crippen LogP contribution in [0.3, 0.4) is 0 Å². The number of nitrogens with one attached hydrogen (secondary N) is 1. The van der Waals surface area contributed by atoms with E-state index in [1.165, 1.54) is 69.8 Å². The summed E-state index contributed by atoms with van der Waals surface area (Å²) in [6.07, 6.45) is 6.91. The summed E-state index contributed by atoms with van der Waals surface area (Å²) >= 11 is 2.14. The highest BCUT2D eigenvalue weighted by Crippen LogP contribution is 2.30. The fraction of sp³-hybridized carbons (Fsp3) is 1.00. The van der Waals surface area contributed by atoms with Crippen LogP contribution in [-0.4, -0.2) is 48.6 Å². The smallest absolute Gasteiger partial charge is 0.0108 e. The van der Waals surface area contributed by atoms with Crippen molar-refractivity contribution in [2.75, 3.05) is 37.7 Å². The summed E-state index contributed by atoms with van der Waals surface area (Å²) in [5, 5.41) is 3.82. The van der Waals surface area contributed by atoms with Gasteiger partial charge in [-0.1, -0.05) is 13.8 Å². The van der Waals surface area contributed by atoms with Crippen molar-refractivity contribution in [3.63, 3.8) is 0 Å². The predicted octanol–water partition coefficient (Wildman–Crippen LogP) is 3.23. The molecule has 0 aromatic rings. The van der Waals surface area contributed by atoms with Gasteiger partial charge >= 0.3 is 0 Å². The van der Waals surface area contributed by atoms with Crippen LogP contribution in [0.4, 0.5) is 0 Å². The van der Waals surface area contributed by atoms with Crippen LogP contribution in [0.2, 0.25) is 0 Å². The lowest BCUT2D eigenvalue weighted by Crippen LogP contribution is -2.46. The molecule has 2 aliphatic rings. The van der Waals surface area contributed by atoms with Crippen molar-refractivity contribution in [3.05, 3.63) is 0 Å². The molecule has 1 aliphatic carbocycles. The standard InChI is InChI=1S/C16H32N2S/c1-3-7-17-16-6-5-14(2)12-15(16)13-18-8-4-10-19-11-9-18/h14-17H,3-13H2,1-2H3. The maximum Gasteiger partial charge on any atom is 0.0108 e. The fourth-order valence-electron chi connectivity index (χ4n) is 3.61. The molecule has 1 saturated heterocycles. The van der Waals surface area contributed by atoms with Crippen LogP contribution in [0.25, 0.3) is 0 Å². The Labute approximate surface area is 124 Å². The topological polar surface area (TPSA) is 15.3 Å². The largest absolute Gasteiger partial charge is 0.314 e. The Morgan fingerprint density at radius 3 is 2.95 bits per heavy atom. The molecule has 19 heavy (non-hydrogen) atoms. The molecule has 112 valence electrons. The third-order valence-corrected chi connectivity index (χ3v) is 5.76. The van der Waals surface area contributed by atoms with Crippen LogP contribution in [0.5, 0.6) is 0 Å². The minimum atomic E-state index is 0.784. The molecule has 0 bridgehead atoms. The van der Waals surface area contributed by atoms with Gasteiger partial charge in [0.2, 0.25) is 0 Å². The van der Waals surface area contributed by atoms with Gasteiger partial charge in [-0.15, -0.1) is 0 Å². The molecule has 2 fully saturated rings. The molecule has 2 nitrogen and oxygen atoms in total. The summed E-state index contributed by atoms with van der Waals surface area (Å²) in [7, 11) is 0. The van der Waals surface area contributed by atoms with Gasteiger partial charge in [0.1, 0.15) is 0 Å². The lowest BCUT2D eigenvalue weighted by molar-refractivity contribution is 0.150. The molecule has 0 aromatic heterocycles. The summed E-state index contributed by atoms with van der Waals surface area (Å²) in [5.74, 6) is 4.54. The summed E-state index contributed by atoms with van der Waals surface area (Å²) in [6.45, 7) is 9.91. The van der Waals surface area contributed by atoms with Gasteiger partial charge in [-0.2, -0.15) is 11.8 Å². The number of hydrogen-bond acceptors (Lipinski definition) is 3. The lowest BCUT2D eigenvalue weighted by atomic mass is 9.78. The Balaban J connectivity index is 1.85. The van der Waals surface area contributed by atoms with Gasteiger partial charge in [-0.05, 0) is 62.8 Å². The monoisotopic (exact) mass is 284 g/mol. The van der Waals surface area contributed by atoms with E-state index in [0.717, 1.165) is 17.9 Å². The van der Waals surface area contributed by atoms with E-state index in [1.54, 1.807) is 0 Å². The molecule has 1 saturated carbocycles. The molecular weight excluding hydrogens is 252 g/mol. The highest BCUT2D eigenvalue weighted by Gasteiger charge is 2.29. The van der Waals surface area contributed by atoms with Crippen LogP contribution in [0.1, 0.15) is 46.0 Å². The van der Waals surface area contributed by atoms with Crippen LogP contribution in [0, 0.1) is 11.8 Å². The first-order valence-corrected chi connectivity index (χ1v) is 9.48. The minimum absolute atomic E-state index is 0.784. The number of thioether (sulfide) groups is 1. The normalized spacial score (nSPS) is 34.1. The zero-order valence-electron chi connectivity index (χ0n) is 12.9. The van der Waals surface area contributed by atoms with Crippen molar-refractivity contribution in [2.45, 2.75) is 52.0 Å². The maximum atomic E-state index is 3.82. The van der Waals surface area contributed by atoms with Crippen molar-refractivity contribution < 1.29 is 0 Å². The molecule has 3 unspecified atom stereocenters. The molecule has 1 N–H and O–H groups in total. The highest BCUT2D eigenvalue weighted by atomic mass is 32.2. The first-order chi connectivity index (χ1) is 9.29. The van der Waals surface area contributed by atoms with Crippen LogP contribution in [-0.2, 0) is 0 Å². The Kier molecular flexibility index (Phi) is 7.03. The Hall–Kier alpha value is 0.270. The van der Waals surface area contributed by atoms with Crippen molar-refractivity contribution in [3.8, 4) is 0 Å². The second-order valence-electron chi connectivity index (χ2n) is 6.51. The Morgan fingerprint density at radius 2 is 2.11 bits per heavy atom. The van der Waals surface area contributed by atoms with Crippen molar-refractivity contribution in [1.82, 2.24) is 10.2 Å². The lowest BCUT2D eigenvalue weighted by Gasteiger charge is -2.38. The number of nitrogens with zero attached hydrogens (tertiary/aromatic N) is 1. The summed E-state index contributed by atoms with van der Waals surface area (Å²) < 4.78 is 0. The molecule has 1 aliphatic heterocycles. The van der Waals surface area contributed by atoms with E-state index in [9.17, 15) is 0 Å². The van der Waals surface area contributed by atoms with Gasteiger partial charge in [0.05, 0.1) is 0 Å². The van der Waals surface area contributed by atoms with Crippen molar-refractivity contribution >= 4 is 11.8 Å². The van der Waals surface area contributed by atoms with E-state index in [0.29, 0.717) is 0 Å². The Morgan fingerprint density at radius 1 is 1.21 bits per heavy atom. The van der Waals surface area contributed by atoms with E-state index < -0.39 is 0 Å². The first kappa shape index (κ1) is 15.7. The van der Waals surface area contributed by atoms with E-state index in [-0.39, 0.29) is 0 Å². The highest BCUT2D eigenvalue weighted by molar-refractivity contribution is 7.99. The van der Waals surface area contributed by atoms with Crippen LogP contribution in [0.15, 0.2) is 0 Å². The van der Waals surface area contributed by atoms with Gasteiger partial charge in [-0.25, -0.2) is 0 Å². The third-order valence-electron chi connectivity index (χ3n) is 4.71. The van der Waals surface area contributed by atoms with Gasteiger partial charge in [0, 0.05) is 24.9 Å². The second kappa shape index (κ2) is 8.53. The summed E-state index contributed by atoms with van der Waals surface area (Å²) in [4.78, 5) is 2.74. The molecule has 0 spiro atoms. The zero-order valence-corrected chi connectivity index (χ0v) is 13.7. The van der Waals surface area contributed by atoms with Crippen LogP contribution < -0.4 is 5.32 Å². The molecule has 0 radical (unpaired) electrons. The molecule has 3 heteroatoms. The zero-order chi connectivity index (χ0) is 13.5. The quantitative estimate of drug-likeness (QED) is 0.834. The molecule has 0 aromatic carbocycles. The Bertz CT molecular complexity index is 237. The molecule has 0 amide bonds. The molecular formula is C16H32N2S. The molecule has 3 atom stereocenters. The molecule has 1 heterocycles. The number of hydrogen-bond donors (Lipinski definition) is 1. The average Bonchev–Trinajstić information content (AvgIpc) is 2.66. The fourth-order valence-corrected chi connectivity index (χ4v) is 4.54. The van der Waals surface area contributed by atoms with Gasteiger partial charge in [-0.3, -0.25) is 0 Å². The van der Waals surface area contributed by atoms with E-state index in [4.69, 9.17) is 0 Å². The van der Waals surface area contributed by atoms with E-state index in [2.05, 4.69) is 35.8 Å². The van der Waals surface area contributed by atoms with Crippen molar-refractivity contribution in [2.24, 2.45) is 11.8 Å². The first-order valence-electron chi connectivity index (χ1n) is 8.33.